The van der Waals surface area contributed by atoms with Gasteiger partial charge in [0.25, 0.3) is 0 Å². The van der Waals surface area contributed by atoms with Crippen molar-refractivity contribution >= 4 is 28.3 Å². The van der Waals surface area contributed by atoms with E-state index < -0.39 is 10.0 Å². The summed E-state index contributed by atoms with van der Waals surface area (Å²) >= 11 is 0. The Bertz CT molecular complexity index is 787. The Balaban J connectivity index is 0.00000261. The van der Waals surface area contributed by atoms with Crippen LogP contribution in [0.15, 0.2) is 23.1 Å². The van der Waals surface area contributed by atoms with Gasteiger partial charge < -0.3 is 15.8 Å². The lowest BCUT2D eigenvalue weighted by Crippen LogP contribution is -2.33. The highest BCUT2D eigenvalue weighted by Gasteiger charge is 2.45. The van der Waals surface area contributed by atoms with Gasteiger partial charge in [0.2, 0.25) is 15.9 Å². The van der Waals surface area contributed by atoms with E-state index >= 15 is 0 Å². The number of carbonyl (C=O) groups is 1. The van der Waals surface area contributed by atoms with Gasteiger partial charge in [-0.05, 0) is 42.9 Å². The Labute approximate surface area is 167 Å². The number of hydrogen-bond donors (Lipinski definition) is 2. The first-order valence-corrected chi connectivity index (χ1v) is 10.5. The first-order chi connectivity index (χ1) is 12.4. The molecule has 1 aromatic carbocycles. The molecule has 0 radical (unpaired) electrons. The van der Waals surface area contributed by atoms with E-state index in [-0.39, 0.29) is 41.7 Å². The lowest BCUT2D eigenvalue weighted by atomic mass is 9.98. The topological polar surface area (TPSA) is 102 Å². The average Bonchev–Trinajstić information content (AvgIpc) is 3.22. The zero-order chi connectivity index (χ0) is 18.9. The predicted octanol–water partition coefficient (Wildman–Crippen LogP) is 1.50. The maximum Gasteiger partial charge on any atom is 0.243 e. The number of hydrogen-bond acceptors (Lipinski definition) is 5. The fourth-order valence-corrected chi connectivity index (χ4v) is 5.57. The van der Waals surface area contributed by atoms with Crippen LogP contribution in [0.25, 0.3) is 0 Å². The molecule has 1 saturated heterocycles. The molecule has 1 heterocycles. The minimum Gasteiger partial charge on any atom is -0.496 e. The van der Waals surface area contributed by atoms with Gasteiger partial charge in [-0.1, -0.05) is 6.92 Å². The van der Waals surface area contributed by atoms with Crippen LogP contribution in [-0.2, 0) is 21.4 Å². The smallest absolute Gasteiger partial charge is 0.243 e. The number of ether oxygens (including phenoxy) is 1. The van der Waals surface area contributed by atoms with E-state index in [2.05, 4.69) is 5.32 Å². The third kappa shape index (κ3) is 4.39. The Morgan fingerprint density at radius 1 is 1.33 bits per heavy atom. The molecular formula is C18H28ClN3O4S. The lowest BCUT2D eigenvalue weighted by Gasteiger charge is -2.20. The molecule has 3 atom stereocenters. The number of amides is 1. The predicted molar refractivity (Wildman–Crippen MR) is 105 cm³/mol. The Hall–Kier alpha value is -1.35. The molecule has 0 bridgehead atoms. The summed E-state index contributed by atoms with van der Waals surface area (Å²) in [4.78, 5) is 11.8. The number of benzene rings is 1. The van der Waals surface area contributed by atoms with Crippen LogP contribution in [0.4, 0.5) is 0 Å². The molecule has 0 spiro atoms. The number of sulfonamides is 1. The molecule has 1 aromatic rings. The minimum absolute atomic E-state index is 0. The molecule has 1 saturated carbocycles. The number of nitrogens with zero attached hydrogens (tertiary/aromatic N) is 1. The lowest BCUT2D eigenvalue weighted by molar-refractivity contribution is -0.120. The van der Waals surface area contributed by atoms with Gasteiger partial charge >= 0.3 is 0 Å². The van der Waals surface area contributed by atoms with E-state index in [9.17, 15) is 13.2 Å². The molecule has 0 aromatic heterocycles. The average molecular weight is 418 g/mol. The number of nitrogens with two attached hydrogens (primary N) is 1. The second kappa shape index (κ2) is 8.77. The maximum atomic E-state index is 13.1. The van der Waals surface area contributed by atoms with Crippen molar-refractivity contribution in [3.63, 3.8) is 0 Å². The highest BCUT2D eigenvalue weighted by molar-refractivity contribution is 7.89. The van der Waals surface area contributed by atoms with Gasteiger partial charge in [-0.3, -0.25) is 4.79 Å². The van der Waals surface area contributed by atoms with Crippen LogP contribution in [0.3, 0.4) is 0 Å². The third-order valence-corrected chi connectivity index (χ3v) is 7.39. The van der Waals surface area contributed by atoms with Crippen LogP contribution in [0, 0.1) is 11.8 Å². The molecule has 3 unspecified atom stereocenters. The summed E-state index contributed by atoms with van der Waals surface area (Å²) in [5.41, 5.74) is 6.77. The summed E-state index contributed by atoms with van der Waals surface area (Å²) in [6.07, 6.45) is 2.35. The van der Waals surface area contributed by atoms with Crippen molar-refractivity contribution in [3.05, 3.63) is 23.8 Å². The van der Waals surface area contributed by atoms with Gasteiger partial charge in [-0.15, -0.1) is 12.4 Å². The van der Waals surface area contributed by atoms with Crippen molar-refractivity contribution in [2.45, 2.75) is 43.7 Å². The van der Waals surface area contributed by atoms with E-state index in [1.165, 1.54) is 7.11 Å². The summed E-state index contributed by atoms with van der Waals surface area (Å²) in [6.45, 7) is 3.02. The summed E-state index contributed by atoms with van der Waals surface area (Å²) in [7, 11) is -2.06. The first kappa shape index (κ1) is 21.9. The van der Waals surface area contributed by atoms with Crippen molar-refractivity contribution in [2.75, 3.05) is 20.2 Å². The molecule has 2 fully saturated rings. The monoisotopic (exact) mass is 417 g/mol. The van der Waals surface area contributed by atoms with Crippen molar-refractivity contribution < 1.29 is 17.9 Å². The second-order valence-electron chi connectivity index (χ2n) is 7.09. The van der Waals surface area contributed by atoms with Gasteiger partial charge in [-0.2, -0.15) is 4.31 Å². The highest BCUT2D eigenvalue weighted by atomic mass is 35.5. The number of rotatable bonds is 6. The van der Waals surface area contributed by atoms with E-state index in [1.807, 2.05) is 0 Å². The molecule has 2 aliphatic rings. The number of fused-ring (bicyclic) bond motifs is 1. The molecule has 152 valence electrons. The molecule has 7 nitrogen and oxygen atoms in total. The number of carbonyl (C=O) groups excluding carboxylic acids is 1. The molecule has 1 amide bonds. The van der Waals surface area contributed by atoms with E-state index in [1.54, 1.807) is 29.4 Å². The van der Waals surface area contributed by atoms with Gasteiger partial charge in [0.1, 0.15) is 5.75 Å². The second-order valence-corrected chi connectivity index (χ2v) is 9.03. The zero-order valence-corrected chi connectivity index (χ0v) is 17.3. The summed E-state index contributed by atoms with van der Waals surface area (Å²) in [6, 6.07) is 4.89. The van der Waals surface area contributed by atoms with Gasteiger partial charge in [0, 0.05) is 37.7 Å². The van der Waals surface area contributed by atoms with Crippen LogP contribution in [0.2, 0.25) is 0 Å². The number of halogens is 1. The summed E-state index contributed by atoms with van der Waals surface area (Å²) < 4.78 is 33.0. The van der Waals surface area contributed by atoms with Crippen LogP contribution in [-0.4, -0.2) is 44.9 Å². The van der Waals surface area contributed by atoms with Gasteiger partial charge in [0.15, 0.2) is 0 Å². The largest absolute Gasteiger partial charge is 0.496 e. The maximum absolute atomic E-state index is 13.1. The molecule has 9 heteroatoms. The SMILES string of the molecule is CCC(=O)NCc1cc(S(=O)(=O)N2CC3CCC(N)C3C2)ccc1OC.Cl. The Morgan fingerprint density at radius 3 is 2.70 bits per heavy atom. The van der Waals surface area contributed by atoms with Crippen molar-refractivity contribution in [3.8, 4) is 5.75 Å². The summed E-state index contributed by atoms with van der Waals surface area (Å²) in [5.74, 6) is 1.08. The normalized spacial score (nSPS) is 24.9. The first-order valence-electron chi connectivity index (χ1n) is 9.06. The fourth-order valence-electron chi connectivity index (χ4n) is 3.98. The third-order valence-electron chi connectivity index (χ3n) is 5.57. The van der Waals surface area contributed by atoms with Gasteiger partial charge in [0.05, 0.1) is 12.0 Å². The zero-order valence-electron chi connectivity index (χ0n) is 15.7. The molecule has 1 aliphatic carbocycles. The van der Waals surface area contributed by atoms with E-state index in [4.69, 9.17) is 10.5 Å². The number of methoxy groups -OCH3 is 1. The molecular weight excluding hydrogens is 390 g/mol. The quantitative estimate of drug-likeness (QED) is 0.730. The van der Waals surface area contributed by atoms with Crippen molar-refractivity contribution in [1.29, 1.82) is 0 Å². The molecule has 3 rings (SSSR count). The van der Waals surface area contributed by atoms with Crippen molar-refractivity contribution in [2.24, 2.45) is 17.6 Å². The van der Waals surface area contributed by atoms with E-state index in [0.29, 0.717) is 36.7 Å². The standard InChI is InChI=1S/C18H27N3O4S.ClH/c1-3-18(22)20-9-13-8-14(5-7-17(13)25-2)26(23,24)21-10-12-4-6-16(19)15(12)11-21;/h5,7-8,12,15-16H,3-4,6,9-11,19H2,1-2H3,(H,20,22);1H. The van der Waals surface area contributed by atoms with E-state index in [0.717, 1.165) is 12.8 Å². The highest BCUT2D eigenvalue weighted by Crippen LogP contribution is 2.39. The van der Waals surface area contributed by atoms with Crippen LogP contribution < -0.4 is 15.8 Å². The Kier molecular flexibility index (Phi) is 7.13. The molecule has 3 N–H and O–H groups in total. The summed E-state index contributed by atoms with van der Waals surface area (Å²) in [5, 5.41) is 2.77. The van der Waals surface area contributed by atoms with Crippen LogP contribution in [0.5, 0.6) is 5.75 Å². The minimum atomic E-state index is -3.59. The molecule has 1 aliphatic heterocycles. The number of nitrogens with one attached hydrogen (secondary N) is 1. The van der Waals surface area contributed by atoms with Crippen LogP contribution >= 0.6 is 12.4 Å². The molecule has 27 heavy (non-hydrogen) atoms. The van der Waals surface area contributed by atoms with Gasteiger partial charge in [-0.25, -0.2) is 8.42 Å². The Morgan fingerprint density at radius 2 is 2.07 bits per heavy atom. The van der Waals surface area contributed by atoms with Crippen molar-refractivity contribution in [1.82, 2.24) is 9.62 Å². The van der Waals surface area contributed by atoms with Crippen LogP contribution in [0.1, 0.15) is 31.7 Å². The fraction of sp³-hybridized carbons (Fsp3) is 0.611.